The summed E-state index contributed by atoms with van der Waals surface area (Å²) in [6.07, 6.45) is 9.19. The van der Waals surface area contributed by atoms with Gasteiger partial charge in [-0.25, -0.2) is 0 Å². The maximum Gasteiger partial charge on any atom is 0.151 e. The predicted molar refractivity (Wildman–Crippen MR) is 94.6 cm³/mol. The molecule has 2 aromatic heterocycles. The third-order valence-electron chi connectivity index (χ3n) is 5.91. The SMILES string of the molecule is CN(Cc1cnoc1C1CC1)C1CN(c2cc3c(nn2)CCCC3)C1. The fraction of sp³-hybridized carbons (Fsp3) is 0.632. The summed E-state index contributed by atoms with van der Waals surface area (Å²) in [6, 6.07) is 2.82. The lowest BCUT2D eigenvalue weighted by molar-refractivity contribution is 0.195. The van der Waals surface area contributed by atoms with Crippen molar-refractivity contribution >= 4 is 5.82 Å². The molecule has 132 valence electrons. The minimum absolute atomic E-state index is 0.555. The van der Waals surface area contributed by atoms with Gasteiger partial charge in [0.2, 0.25) is 0 Å². The number of rotatable bonds is 5. The summed E-state index contributed by atoms with van der Waals surface area (Å²) in [6.45, 7) is 2.96. The fourth-order valence-corrected chi connectivity index (χ4v) is 4.02. The third-order valence-corrected chi connectivity index (χ3v) is 5.91. The topological polar surface area (TPSA) is 58.3 Å². The maximum absolute atomic E-state index is 5.46. The number of nitrogens with zero attached hydrogens (tertiary/aromatic N) is 5. The Morgan fingerprint density at radius 1 is 1.20 bits per heavy atom. The lowest BCUT2D eigenvalue weighted by atomic mass is 9.96. The Hall–Kier alpha value is -1.95. The molecule has 0 unspecified atom stereocenters. The van der Waals surface area contributed by atoms with Gasteiger partial charge in [-0.05, 0) is 57.2 Å². The third kappa shape index (κ3) is 2.92. The zero-order chi connectivity index (χ0) is 16.8. The minimum atomic E-state index is 0.555. The number of hydrogen-bond acceptors (Lipinski definition) is 6. The summed E-state index contributed by atoms with van der Waals surface area (Å²) in [5, 5.41) is 12.9. The van der Waals surface area contributed by atoms with Crippen molar-refractivity contribution in [1.82, 2.24) is 20.3 Å². The lowest BCUT2D eigenvalue weighted by Gasteiger charge is -2.44. The van der Waals surface area contributed by atoms with E-state index < -0.39 is 0 Å². The highest BCUT2D eigenvalue weighted by atomic mass is 16.5. The minimum Gasteiger partial charge on any atom is -0.361 e. The van der Waals surface area contributed by atoms with Crippen molar-refractivity contribution < 1.29 is 4.52 Å². The first-order valence-corrected chi connectivity index (χ1v) is 9.52. The molecule has 1 saturated heterocycles. The van der Waals surface area contributed by atoms with E-state index in [-0.39, 0.29) is 0 Å². The van der Waals surface area contributed by atoms with Crippen LogP contribution in [0.15, 0.2) is 16.8 Å². The molecule has 0 atom stereocenters. The van der Waals surface area contributed by atoms with Crippen molar-refractivity contribution in [2.45, 2.75) is 57.0 Å². The molecular formula is C19H25N5O. The summed E-state index contributed by atoms with van der Waals surface area (Å²) in [7, 11) is 2.20. The molecule has 1 aliphatic heterocycles. The van der Waals surface area contributed by atoms with Crippen LogP contribution in [0.4, 0.5) is 5.82 Å². The Balaban J connectivity index is 1.20. The first-order valence-electron chi connectivity index (χ1n) is 9.52. The Kier molecular flexibility index (Phi) is 3.73. The van der Waals surface area contributed by atoms with E-state index in [4.69, 9.17) is 4.52 Å². The number of fused-ring (bicyclic) bond motifs is 1. The molecule has 0 amide bonds. The number of aromatic nitrogens is 3. The Labute approximate surface area is 148 Å². The molecule has 2 fully saturated rings. The molecule has 0 radical (unpaired) electrons. The van der Waals surface area contributed by atoms with E-state index in [0.717, 1.165) is 44.1 Å². The highest BCUT2D eigenvalue weighted by Crippen LogP contribution is 2.42. The van der Waals surface area contributed by atoms with Crippen LogP contribution in [0.5, 0.6) is 0 Å². The van der Waals surface area contributed by atoms with Gasteiger partial charge >= 0.3 is 0 Å². The zero-order valence-corrected chi connectivity index (χ0v) is 14.8. The van der Waals surface area contributed by atoms with Gasteiger partial charge in [-0.3, -0.25) is 4.90 Å². The van der Waals surface area contributed by atoms with Crippen LogP contribution in [-0.2, 0) is 19.4 Å². The van der Waals surface area contributed by atoms with E-state index in [9.17, 15) is 0 Å². The van der Waals surface area contributed by atoms with Gasteiger partial charge in [0.25, 0.3) is 0 Å². The van der Waals surface area contributed by atoms with Gasteiger partial charge in [0.1, 0.15) is 5.76 Å². The molecule has 2 aromatic rings. The van der Waals surface area contributed by atoms with Gasteiger partial charge < -0.3 is 9.42 Å². The van der Waals surface area contributed by atoms with E-state index in [0.29, 0.717) is 12.0 Å². The summed E-state index contributed by atoms with van der Waals surface area (Å²) < 4.78 is 5.46. The molecule has 2 aliphatic carbocycles. The van der Waals surface area contributed by atoms with Crippen LogP contribution in [0.3, 0.4) is 0 Å². The predicted octanol–water partition coefficient (Wildman–Crippen LogP) is 2.54. The number of anilines is 1. The molecule has 25 heavy (non-hydrogen) atoms. The van der Waals surface area contributed by atoms with Crippen molar-refractivity contribution in [3.05, 3.63) is 34.8 Å². The molecule has 0 spiro atoms. The van der Waals surface area contributed by atoms with Gasteiger partial charge in [-0.2, -0.15) is 5.10 Å². The van der Waals surface area contributed by atoms with Crippen LogP contribution < -0.4 is 4.90 Å². The monoisotopic (exact) mass is 339 g/mol. The Bertz CT molecular complexity index is 763. The summed E-state index contributed by atoms with van der Waals surface area (Å²) >= 11 is 0. The molecular weight excluding hydrogens is 314 g/mol. The second-order valence-electron chi connectivity index (χ2n) is 7.85. The molecule has 0 bridgehead atoms. The standard InChI is InChI=1S/C19H25N5O/c1-23(10-15-9-20-25-19(15)13-6-7-13)16-11-24(12-16)18-8-14-4-2-3-5-17(14)21-22-18/h8-9,13,16H,2-7,10-12H2,1H3. The Morgan fingerprint density at radius 3 is 2.88 bits per heavy atom. The van der Waals surface area contributed by atoms with Gasteiger partial charge in [0, 0.05) is 37.2 Å². The first kappa shape index (κ1) is 15.3. The van der Waals surface area contributed by atoms with Crippen molar-refractivity contribution in [3.63, 3.8) is 0 Å². The largest absolute Gasteiger partial charge is 0.361 e. The fourth-order valence-electron chi connectivity index (χ4n) is 4.02. The van der Waals surface area contributed by atoms with E-state index in [2.05, 4.69) is 38.3 Å². The van der Waals surface area contributed by atoms with Crippen LogP contribution in [-0.4, -0.2) is 46.4 Å². The van der Waals surface area contributed by atoms with Crippen molar-refractivity contribution in [2.24, 2.45) is 0 Å². The average Bonchev–Trinajstić information content (AvgIpc) is 3.33. The van der Waals surface area contributed by atoms with Crippen LogP contribution in [0.2, 0.25) is 0 Å². The number of likely N-dealkylation sites (N-methyl/N-ethyl adjacent to an activating group) is 1. The van der Waals surface area contributed by atoms with Gasteiger partial charge in [-0.15, -0.1) is 5.10 Å². The molecule has 5 rings (SSSR count). The smallest absolute Gasteiger partial charge is 0.151 e. The van der Waals surface area contributed by atoms with Crippen LogP contribution in [0.1, 0.15) is 54.2 Å². The highest BCUT2D eigenvalue weighted by molar-refractivity contribution is 5.45. The van der Waals surface area contributed by atoms with Crippen LogP contribution >= 0.6 is 0 Å². The van der Waals surface area contributed by atoms with Crippen LogP contribution in [0.25, 0.3) is 0 Å². The number of hydrogen-bond donors (Lipinski definition) is 0. The van der Waals surface area contributed by atoms with Crippen molar-refractivity contribution in [3.8, 4) is 0 Å². The lowest BCUT2D eigenvalue weighted by Crippen LogP contribution is -2.58. The summed E-state index contributed by atoms with van der Waals surface area (Å²) in [4.78, 5) is 4.76. The van der Waals surface area contributed by atoms with Gasteiger partial charge in [0.05, 0.1) is 11.9 Å². The molecule has 1 saturated carbocycles. The normalized spacial score (nSPS) is 20.6. The molecule has 6 heteroatoms. The quantitative estimate of drug-likeness (QED) is 0.834. The first-order chi connectivity index (χ1) is 12.3. The molecule has 3 aliphatic rings. The molecule has 3 heterocycles. The summed E-state index contributed by atoms with van der Waals surface area (Å²) in [5.41, 5.74) is 3.88. The van der Waals surface area contributed by atoms with Gasteiger partial charge in [0.15, 0.2) is 5.82 Å². The van der Waals surface area contributed by atoms with Crippen molar-refractivity contribution in [2.75, 3.05) is 25.0 Å². The zero-order valence-electron chi connectivity index (χ0n) is 14.8. The van der Waals surface area contributed by atoms with E-state index in [1.54, 1.807) is 0 Å². The second-order valence-corrected chi connectivity index (χ2v) is 7.85. The van der Waals surface area contributed by atoms with Crippen molar-refractivity contribution in [1.29, 1.82) is 0 Å². The molecule has 0 aromatic carbocycles. The van der Waals surface area contributed by atoms with E-state index in [1.165, 1.54) is 42.5 Å². The highest BCUT2D eigenvalue weighted by Gasteiger charge is 2.34. The van der Waals surface area contributed by atoms with Gasteiger partial charge in [-0.1, -0.05) is 5.16 Å². The average molecular weight is 339 g/mol. The summed E-state index contributed by atoms with van der Waals surface area (Å²) in [5.74, 6) is 2.78. The number of aryl methyl sites for hydroxylation is 2. The maximum atomic E-state index is 5.46. The van der Waals surface area contributed by atoms with Crippen LogP contribution in [0, 0.1) is 0 Å². The Morgan fingerprint density at radius 2 is 2.04 bits per heavy atom. The van der Waals surface area contributed by atoms with E-state index >= 15 is 0 Å². The molecule has 6 nitrogen and oxygen atoms in total. The second kappa shape index (κ2) is 6.09. The van der Waals surface area contributed by atoms with E-state index in [1.807, 2.05) is 6.20 Å². The molecule has 0 N–H and O–H groups in total.